The van der Waals surface area contributed by atoms with Crippen molar-refractivity contribution in [3.8, 4) is 0 Å². The zero-order valence-corrected chi connectivity index (χ0v) is 9.18. The highest BCUT2D eigenvalue weighted by molar-refractivity contribution is 7.80. The van der Waals surface area contributed by atoms with Crippen LogP contribution in [0.5, 0.6) is 0 Å². The molecule has 1 aromatic heterocycles. The summed E-state index contributed by atoms with van der Waals surface area (Å²) in [4.78, 5) is 11.3. The maximum atomic E-state index is 12.4. The monoisotopic (exact) mass is 249 g/mol. The molecular weight excluding hydrogens is 239 g/mol. The van der Waals surface area contributed by atoms with Crippen LogP contribution in [0, 0.1) is 0 Å². The standard InChI is InChI=1S/C10H10F3NOS/c1-7(6-16)4-14-5-8(10(11,12)13)2-3-9(14)15/h2-3,5,16H,1,4,6H2. The van der Waals surface area contributed by atoms with Crippen molar-refractivity contribution >= 4 is 12.6 Å². The van der Waals surface area contributed by atoms with Gasteiger partial charge in [-0.15, -0.1) is 0 Å². The summed E-state index contributed by atoms with van der Waals surface area (Å²) in [5, 5.41) is 0. The molecule has 0 fully saturated rings. The molecule has 0 saturated carbocycles. The van der Waals surface area contributed by atoms with Gasteiger partial charge >= 0.3 is 6.18 Å². The Balaban J connectivity index is 3.09. The van der Waals surface area contributed by atoms with Crippen LogP contribution < -0.4 is 5.56 Å². The summed E-state index contributed by atoms with van der Waals surface area (Å²) in [6.45, 7) is 3.63. The quantitative estimate of drug-likeness (QED) is 0.644. The molecule has 0 aliphatic heterocycles. The van der Waals surface area contributed by atoms with Gasteiger partial charge in [0.2, 0.25) is 0 Å². The normalized spacial score (nSPS) is 11.5. The fourth-order valence-corrected chi connectivity index (χ4v) is 1.21. The van der Waals surface area contributed by atoms with Crippen LogP contribution in [0.15, 0.2) is 35.3 Å². The number of hydrogen-bond donors (Lipinski definition) is 1. The maximum Gasteiger partial charge on any atom is 0.417 e. The number of halogens is 3. The molecule has 0 atom stereocenters. The Bertz CT molecular complexity index is 450. The van der Waals surface area contributed by atoms with Crippen LogP contribution in [0.4, 0.5) is 13.2 Å². The third-order valence-corrected chi connectivity index (χ3v) is 2.38. The van der Waals surface area contributed by atoms with Gasteiger partial charge in [0.1, 0.15) is 0 Å². The Morgan fingerprint density at radius 2 is 2.06 bits per heavy atom. The molecule has 1 heterocycles. The molecule has 6 heteroatoms. The van der Waals surface area contributed by atoms with Crippen LogP contribution in [0.3, 0.4) is 0 Å². The third-order valence-electron chi connectivity index (χ3n) is 1.93. The van der Waals surface area contributed by atoms with E-state index < -0.39 is 17.3 Å². The van der Waals surface area contributed by atoms with Crippen LogP contribution in [0.1, 0.15) is 5.56 Å². The minimum atomic E-state index is -4.45. The van der Waals surface area contributed by atoms with E-state index in [9.17, 15) is 18.0 Å². The SMILES string of the molecule is C=C(CS)Cn1cc(C(F)(F)F)ccc1=O. The first-order chi connectivity index (χ1) is 7.34. The highest BCUT2D eigenvalue weighted by Gasteiger charge is 2.30. The molecule has 0 saturated heterocycles. The van der Waals surface area contributed by atoms with E-state index in [1.165, 1.54) is 0 Å². The van der Waals surface area contributed by atoms with Crippen molar-refractivity contribution in [2.75, 3.05) is 5.75 Å². The van der Waals surface area contributed by atoms with E-state index in [0.29, 0.717) is 11.3 Å². The van der Waals surface area contributed by atoms with Crippen molar-refractivity contribution in [2.24, 2.45) is 0 Å². The molecule has 0 amide bonds. The van der Waals surface area contributed by atoms with Crippen molar-refractivity contribution in [3.63, 3.8) is 0 Å². The molecule has 2 nitrogen and oxygen atoms in total. The summed E-state index contributed by atoms with van der Waals surface area (Å²) in [5.41, 5.74) is -0.764. The van der Waals surface area contributed by atoms with Crippen LogP contribution in [-0.2, 0) is 12.7 Å². The van der Waals surface area contributed by atoms with Gasteiger partial charge in [0, 0.05) is 24.6 Å². The van der Waals surface area contributed by atoms with E-state index in [1.807, 2.05) is 0 Å². The lowest BCUT2D eigenvalue weighted by molar-refractivity contribution is -0.138. The number of nitrogens with zero attached hydrogens (tertiary/aromatic N) is 1. The first kappa shape index (κ1) is 12.9. The predicted octanol–water partition coefficient (Wildman–Crippen LogP) is 2.35. The Labute approximate surface area is 95.8 Å². The second-order valence-corrected chi connectivity index (χ2v) is 3.61. The van der Waals surface area contributed by atoms with E-state index in [-0.39, 0.29) is 6.54 Å². The summed E-state index contributed by atoms with van der Waals surface area (Å²) in [5.74, 6) is 0.322. The summed E-state index contributed by atoms with van der Waals surface area (Å²) in [6, 6.07) is 1.66. The van der Waals surface area contributed by atoms with E-state index in [0.717, 1.165) is 22.9 Å². The van der Waals surface area contributed by atoms with Crippen LogP contribution in [0.25, 0.3) is 0 Å². The van der Waals surface area contributed by atoms with E-state index >= 15 is 0 Å². The van der Waals surface area contributed by atoms with Crippen LogP contribution in [0.2, 0.25) is 0 Å². The molecule has 0 aliphatic carbocycles. The summed E-state index contributed by atoms with van der Waals surface area (Å²) in [7, 11) is 0. The zero-order valence-electron chi connectivity index (χ0n) is 8.29. The van der Waals surface area contributed by atoms with Crippen molar-refractivity contribution < 1.29 is 13.2 Å². The Morgan fingerprint density at radius 3 is 2.56 bits per heavy atom. The van der Waals surface area contributed by atoms with Gasteiger partial charge in [-0.2, -0.15) is 25.8 Å². The number of rotatable bonds is 3. The highest BCUT2D eigenvalue weighted by Crippen LogP contribution is 2.28. The minimum Gasteiger partial charge on any atom is -0.311 e. The second-order valence-electron chi connectivity index (χ2n) is 3.29. The average molecular weight is 249 g/mol. The van der Waals surface area contributed by atoms with Crippen LogP contribution in [-0.4, -0.2) is 10.3 Å². The molecule has 0 radical (unpaired) electrons. The van der Waals surface area contributed by atoms with E-state index in [2.05, 4.69) is 19.2 Å². The zero-order chi connectivity index (χ0) is 12.3. The lowest BCUT2D eigenvalue weighted by Crippen LogP contribution is -2.22. The molecule has 1 aromatic rings. The molecule has 88 valence electrons. The second kappa shape index (κ2) is 4.78. The van der Waals surface area contributed by atoms with Gasteiger partial charge < -0.3 is 4.57 Å². The third kappa shape index (κ3) is 3.16. The van der Waals surface area contributed by atoms with Gasteiger partial charge in [-0.3, -0.25) is 4.79 Å². The molecule has 0 aliphatic rings. The van der Waals surface area contributed by atoms with Gasteiger partial charge in [0.25, 0.3) is 5.56 Å². The van der Waals surface area contributed by atoms with Gasteiger partial charge in [-0.1, -0.05) is 6.58 Å². The molecule has 0 bridgehead atoms. The fraction of sp³-hybridized carbons (Fsp3) is 0.300. The van der Waals surface area contributed by atoms with E-state index in [4.69, 9.17) is 0 Å². The number of thiol groups is 1. The number of pyridine rings is 1. The molecule has 0 N–H and O–H groups in total. The van der Waals surface area contributed by atoms with Crippen molar-refractivity contribution in [3.05, 3.63) is 46.4 Å². The average Bonchev–Trinajstić information content (AvgIpc) is 2.19. The number of aromatic nitrogens is 1. The van der Waals surface area contributed by atoms with Gasteiger partial charge in [0.15, 0.2) is 0 Å². The summed E-state index contributed by atoms with van der Waals surface area (Å²) >= 11 is 3.93. The highest BCUT2D eigenvalue weighted by atomic mass is 32.1. The molecule has 1 rings (SSSR count). The molecule has 16 heavy (non-hydrogen) atoms. The molecule has 0 aromatic carbocycles. The lowest BCUT2D eigenvalue weighted by atomic mass is 10.2. The summed E-state index contributed by atoms with van der Waals surface area (Å²) in [6.07, 6.45) is -3.66. The summed E-state index contributed by atoms with van der Waals surface area (Å²) < 4.78 is 38.1. The Kier molecular flexibility index (Phi) is 3.85. The topological polar surface area (TPSA) is 22.0 Å². The van der Waals surface area contributed by atoms with Gasteiger partial charge in [-0.25, -0.2) is 0 Å². The predicted molar refractivity (Wildman–Crippen MR) is 58.7 cm³/mol. The van der Waals surface area contributed by atoms with Crippen LogP contribution >= 0.6 is 12.6 Å². The van der Waals surface area contributed by atoms with E-state index in [1.54, 1.807) is 0 Å². The largest absolute Gasteiger partial charge is 0.417 e. The molecule has 0 unspecified atom stereocenters. The Hall–Kier alpha value is -1.17. The molecule has 0 spiro atoms. The number of alkyl halides is 3. The molecular formula is C10H10F3NOS. The Morgan fingerprint density at radius 1 is 1.44 bits per heavy atom. The van der Waals surface area contributed by atoms with Gasteiger partial charge in [0.05, 0.1) is 5.56 Å². The smallest absolute Gasteiger partial charge is 0.311 e. The van der Waals surface area contributed by atoms with Crippen molar-refractivity contribution in [1.29, 1.82) is 0 Å². The minimum absolute atomic E-state index is 0.0479. The lowest BCUT2D eigenvalue weighted by Gasteiger charge is -2.11. The first-order valence-corrected chi connectivity index (χ1v) is 5.03. The maximum absolute atomic E-state index is 12.4. The number of hydrogen-bond acceptors (Lipinski definition) is 2. The fourth-order valence-electron chi connectivity index (χ4n) is 1.11. The van der Waals surface area contributed by atoms with Crippen molar-refractivity contribution in [1.82, 2.24) is 4.57 Å². The van der Waals surface area contributed by atoms with Crippen molar-refractivity contribution in [2.45, 2.75) is 12.7 Å². The first-order valence-electron chi connectivity index (χ1n) is 4.40. The van der Waals surface area contributed by atoms with Gasteiger partial charge in [-0.05, 0) is 11.6 Å².